The normalized spacial score (nSPS) is 19.8. The third-order valence-electron chi connectivity index (χ3n) is 3.45. The van der Waals surface area contributed by atoms with Crippen molar-refractivity contribution in [3.05, 3.63) is 29.8 Å². The van der Waals surface area contributed by atoms with Crippen LogP contribution in [0.25, 0.3) is 0 Å². The van der Waals surface area contributed by atoms with Crippen LogP contribution in [0, 0.1) is 0 Å². The van der Waals surface area contributed by atoms with Crippen molar-refractivity contribution in [2.75, 3.05) is 11.9 Å². The Morgan fingerprint density at radius 3 is 2.89 bits per heavy atom. The molecule has 2 rings (SSSR count). The fraction of sp³-hybridized carbons (Fsp3) is 0.533. The molecule has 1 aliphatic heterocycles. The van der Waals surface area contributed by atoms with Gasteiger partial charge in [0.15, 0.2) is 0 Å². The summed E-state index contributed by atoms with van der Waals surface area (Å²) < 4.78 is 0. The number of hydrogen-bond acceptors (Lipinski definition) is 2. The van der Waals surface area contributed by atoms with Crippen molar-refractivity contribution < 1.29 is 4.79 Å². The van der Waals surface area contributed by atoms with E-state index in [0.29, 0.717) is 5.92 Å². The monoisotopic (exact) mass is 246 g/mol. The Hall–Kier alpha value is -1.35. The van der Waals surface area contributed by atoms with Crippen LogP contribution in [0.15, 0.2) is 24.3 Å². The summed E-state index contributed by atoms with van der Waals surface area (Å²) in [4.78, 5) is 12.1. The first-order valence-corrected chi connectivity index (χ1v) is 6.81. The number of nitrogens with one attached hydrogen (secondary N) is 2. The number of carbonyl (C=O) groups excluding carboxylic acids is 1. The molecule has 0 aromatic heterocycles. The highest BCUT2D eigenvalue weighted by molar-refractivity contribution is 5.94. The van der Waals surface area contributed by atoms with E-state index >= 15 is 0 Å². The second kappa shape index (κ2) is 6.01. The van der Waals surface area contributed by atoms with Crippen LogP contribution in [-0.4, -0.2) is 18.5 Å². The average Bonchev–Trinajstić information content (AvgIpc) is 2.40. The van der Waals surface area contributed by atoms with E-state index in [2.05, 4.69) is 36.6 Å². The summed E-state index contributed by atoms with van der Waals surface area (Å²) >= 11 is 0. The van der Waals surface area contributed by atoms with Gasteiger partial charge in [-0.2, -0.15) is 0 Å². The highest BCUT2D eigenvalue weighted by atomic mass is 16.2. The molecular formula is C15H22N2O. The molecule has 3 heteroatoms. The number of hydrogen-bond donors (Lipinski definition) is 2. The average molecular weight is 246 g/mol. The van der Waals surface area contributed by atoms with Gasteiger partial charge < -0.3 is 10.6 Å². The van der Waals surface area contributed by atoms with Gasteiger partial charge in [-0.15, -0.1) is 0 Å². The molecule has 0 saturated carbocycles. The lowest BCUT2D eigenvalue weighted by Crippen LogP contribution is -2.43. The smallest absolute Gasteiger partial charge is 0.241 e. The van der Waals surface area contributed by atoms with Crippen LogP contribution in [0.5, 0.6) is 0 Å². The molecule has 18 heavy (non-hydrogen) atoms. The van der Waals surface area contributed by atoms with E-state index in [0.717, 1.165) is 25.1 Å². The third-order valence-corrected chi connectivity index (χ3v) is 3.45. The second-order valence-electron chi connectivity index (χ2n) is 5.27. The Bertz CT molecular complexity index is 409. The molecule has 1 aliphatic rings. The van der Waals surface area contributed by atoms with Crippen LogP contribution in [0.1, 0.15) is 44.6 Å². The van der Waals surface area contributed by atoms with E-state index in [1.165, 1.54) is 12.0 Å². The van der Waals surface area contributed by atoms with Crippen molar-refractivity contribution in [1.82, 2.24) is 5.32 Å². The molecule has 0 bridgehead atoms. The summed E-state index contributed by atoms with van der Waals surface area (Å²) in [5.41, 5.74) is 2.16. The quantitative estimate of drug-likeness (QED) is 0.861. The highest BCUT2D eigenvalue weighted by Crippen LogP contribution is 2.19. The fourth-order valence-electron chi connectivity index (χ4n) is 2.28. The standard InChI is InChI=1S/C15H22N2O/c1-11(2)12-6-5-7-13(10-12)17-15(18)14-8-3-4-9-16-14/h5-7,10-11,14,16H,3-4,8-9H2,1-2H3,(H,17,18). The molecular weight excluding hydrogens is 224 g/mol. The molecule has 1 unspecified atom stereocenters. The molecule has 1 atom stereocenters. The topological polar surface area (TPSA) is 41.1 Å². The van der Waals surface area contributed by atoms with Crippen LogP contribution in [0.4, 0.5) is 5.69 Å². The van der Waals surface area contributed by atoms with Gasteiger partial charge in [0, 0.05) is 5.69 Å². The van der Waals surface area contributed by atoms with E-state index in [1.54, 1.807) is 0 Å². The van der Waals surface area contributed by atoms with Crippen LogP contribution < -0.4 is 10.6 Å². The zero-order valence-corrected chi connectivity index (χ0v) is 11.2. The van der Waals surface area contributed by atoms with Gasteiger partial charge in [0.2, 0.25) is 5.91 Å². The first-order valence-electron chi connectivity index (χ1n) is 6.81. The zero-order valence-electron chi connectivity index (χ0n) is 11.2. The van der Waals surface area contributed by atoms with E-state index in [-0.39, 0.29) is 11.9 Å². The maximum Gasteiger partial charge on any atom is 0.241 e. The molecule has 1 aromatic rings. The van der Waals surface area contributed by atoms with Crippen molar-refractivity contribution >= 4 is 11.6 Å². The molecule has 3 nitrogen and oxygen atoms in total. The molecule has 2 N–H and O–H groups in total. The Balaban J connectivity index is 1.99. The van der Waals surface area contributed by atoms with Gasteiger partial charge >= 0.3 is 0 Å². The van der Waals surface area contributed by atoms with Crippen molar-refractivity contribution in [3.8, 4) is 0 Å². The maximum atomic E-state index is 12.1. The first kappa shape index (κ1) is 13.1. The third kappa shape index (κ3) is 3.33. The molecule has 1 saturated heterocycles. The van der Waals surface area contributed by atoms with Gasteiger partial charge in [-0.3, -0.25) is 4.79 Å². The van der Waals surface area contributed by atoms with Crippen molar-refractivity contribution in [1.29, 1.82) is 0 Å². The lowest BCUT2D eigenvalue weighted by Gasteiger charge is -2.22. The fourth-order valence-corrected chi connectivity index (χ4v) is 2.28. The number of carbonyl (C=O) groups is 1. The predicted molar refractivity (Wildman–Crippen MR) is 74.8 cm³/mol. The largest absolute Gasteiger partial charge is 0.325 e. The number of anilines is 1. The molecule has 98 valence electrons. The lowest BCUT2D eigenvalue weighted by atomic mass is 10.0. The molecule has 1 fully saturated rings. The molecule has 0 spiro atoms. The van der Waals surface area contributed by atoms with Crippen molar-refractivity contribution in [3.63, 3.8) is 0 Å². The van der Waals surface area contributed by atoms with Crippen LogP contribution in [0.3, 0.4) is 0 Å². The van der Waals surface area contributed by atoms with Gasteiger partial charge in [0.25, 0.3) is 0 Å². The van der Waals surface area contributed by atoms with Gasteiger partial charge in [0.1, 0.15) is 0 Å². The van der Waals surface area contributed by atoms with Crippen LogP contribution in [0.2, 0.25) is 0 Å². The minimum absolute atomic E-state index is 0.0264. The van der Waals surface area contributed by atoms with Crippen molar-refractivity contribution in [2.24, 2.45) is 0 Å². The van der Waals surface area contributed by atoms with Crippen molar-refractivity contribution in [2.45, 2.75) is 45.1 Å². The number of piperidine rings is 1. The van der Waals surface area contributed by atoms with Gasteiger partial charge in [-0.25, -0.2) is 0 Å². The number of rotatable bonds is 3. The van der Waals surface area contributed by atoms with Gasteiger partial charge in [-0.05, 0) is 43.0 Å². The van der Waals surface area contributed by atoms with E-state index < -0.39 is 0 Å². The van der Waals surface area contributed by atoms with Crippen LogP contribution in [-0.2, 0) is 4.79 Å². The van der Waals surface area contributed by atoms with E-state index in [4.69, 9.17) is 0 Å². The molecule has 1 aromatic carbocycles. The summed E-state index contributed by atoms with van der Waals surface area (Å²) in [6.45, 7) is 5.26. The molecule has 1 amide bonds. The predicted octanol–water partition coefficient (Wildman–Crippen LogP) is 2.89. The summed E-state index contributed by atoms with van der Waals surface area (Å²) in [6.07, 6.45) is 3.25. The van der Waals surface area contributed by atoms with Gasteiger partial charge in [0.05, 0.1) is 6.04 Å². The minimum Gasteiger partial charge on any atom is -0.325 e. The molecule has 1 heterocycles. The van der Waals surface area contributed by atoms with E-state index in [1.807, 2.05) is 12.1 Å². The summed E-state index contributed by atoms with van der Waals surface area (Å²) in [5, 5.41) is 6.27. The lowest BCUT2D eigenvalue weighted by molar-refractivity contribution is -0.118. The molecule has 0 radical (unpaired) electrons. The minimum atomic E-state index is -0.0264. The SMILES string of the molecule is CC(C)c1cccc(NC(=O)C2CCCCN2)c1. The summed E-state index contributed by atoms with van der Waals surface area (Å²) in [7, 11) is 0. The van der Waals surface area contributed by atoms with E-state index in [9.17, 15) is 4.79 Å². The Morgan fingerprint density at radius 1 is 1.39 bits per heavy atom. The Kier molecular flexibility index (Phi) is 4.37. The molecule has 0 aliphatic carbocycles. The maximum absolute atomic E-state index is 12.1. The second-order valence-corrected chi connectivity index (χ2v) is 5.27. The number of amides is 1. The zero-order chi connectivity index (χ0) is 13.0. The highest BCUT2D eigenvalue weighted by Gasteiger charge is 2.20. The number of benzene rings is 1. The van der Waals surface area contributed by atoms with Crippen LogP contribution >= 0.6 is 0 Å². The van der Waals surface area contributed by atoms with Gasteiger partial charge in [-0.1, -0.05) is 32.4 Å². The first-order chi connectivity index (χ1) is 8.66. The summed E-state index contributed by atoms with van der Waals surface area (Å²) in [6, 6.07) is 8.08. The Labute approximate surface area is 109 Å². The Morgan fingerprint density at radius 2 is 2.22 bits per heavy atom. The summed E-state index contributed by atoms with van der Waals surface area (Å²) in [5.74, 6) is 0.574.